The van der Waals surface area contributed by atoms with Crippen LogP contribution in [-0.2, 0) is 24.8 Å². The second kappa shape index (κ2) is 7.68. The van der Waals surface area contributed by atoms with E-state index >= 15 is 0 Å². The molecule has 2 fully saturated rings. The highest BCUT2D eigenvalue weighted by atomic mass is 19.1. The molecule has 40 heavy (non-hydrogen) atoms. The lowest BCUT2D eigenvalue weighted by Gasteiger charge is -2.63. The van der Waals surface area contributed by atoms with Gasteiger partial charge in [-0.2, -0.15) is 0 Å². The summed E-state index contributed by atoms with van der Waals surface area (Å²) in [5.41, 5.74) is 6.16. The number of piperidine rings is 1. The van der Waals surface area contributed by atoms with Gasteiger partial charge < -0.3 is 19.5 Å². The van der Waals surface area contributed by atoms with E-state index in [4.69, 9.17) is 4.74 Å². The summed E-state index contributed by atoms with van der Waals surface area (Å²) in [5.74, 6) is 1.21. The maximum atomic E-state index is 13.8. The standard InChI is InChI=1S/C34H33FN2O3/c1-19-3-2-4-24-25-16-34(39)27-15-22-9-12-26(38)31-28(22)33(34,13-14-36(27)17-20-5-6-20)32(40-31)30(25)37(29(19)24)18-21-7-10-23(35)11-8-21/h2-4,7-12,20,27,32,38-39H,5-6,13-18H2,1H3/t27-,32-,33-,34+/m0/s1. The molecule has 5 aliphatic rings. The summed E-state index contributed by atoms with van der Waals surface area (Å²) in [6.45, 7) is 4.69. The number of aromatic hydroxyl groups is 1. The monoisotopic (exact) mass is 536 g/mol. The zero-order valence-electron chi connectivity index (χ0n) is 22.7. The number of benzene rings is 3. The van der Waals surface area contributed by atoms with Crippen LogP contribution in [0.15, 0.2) is 54.6 Å². The Hall–Kier alpha value is -3.35. The number of fused-ring (bicyclic) bond motifs is 4. The van der Waals surface area contributed by atoms with Gasteiger partial charge in [-0.05, 0) is 85.5 Å². The maximum absolute atomic E-state index is 13.8. The van der Waals surface area contributed by atoms with Gasteiger partial charge in [-0.3, -0.25) is 4.90 Å². The smallest absolute Gasteiger partial charge is 0.166 e. The number of hydrogen-bond donors (Lipinski definition) is 2. The molecule has 1 spiro atoms. The number of phenolic OH excluding ortho intramolecular Hbond substituents is 1. The number of phenols is 1. The Morgan fingerprint density at radius 1 is 1.07 bits per heavy atom. The molecular weight excluding hydrogens is 503 g/mol. The highest BCUT2D eigenvalue weighted by Gasteiger charge is 2.73. The third-order valence-corrected chi connectivity index (χ3v) is 10.9. The van der Waals surface area contributed by atoms with Crippen LogP contribution in [0.25, 0.3) is 10.9 Å². The molecule has 9 rings (SSSR count). The van der Waals surface area contributed by atoms with E-state index in [0.717, 1.165) is 65.1 Å². The Morgan fingerprint density at radius 2 is 1.90 bits per heavy atom. The molecule has 1 aromatic heterocycles. The first-order valence-electron chi connectivity index (χ1n) is 14.7. The second-order valence-electron chi connectivity index (χ2n) is 13.0. The summed E-state index contributed by atoms with van der Waals surface area (Å²) in [7, 11) is 0. The first-order chi connectivity index (χ1) is 19.4. The molecule has 4 aromatic rings. The fraction of sp³-hybridized carbons (Fsp3) is 0.412. The van der Waals surface area contributed by atoms with Gasteiger partial charge in [-0.25, -0.2) is 4.39 Å². The van der Waals surface area contributed by atoms with Gasteiger partial charge in [0.25, 0.3) is 0 Å². The van der Waals surface area contributed by atoms with E-state index in [1.165, 1.54) is 36.1 Å². The van der Waals surface area contributed by atoms with E-state index in [0.29, 0.717) is 18.7 Å². The van der Waals surface area contributed by atoms with E-state index in [1.807, 2.05) is 12.1 Å². The van der Waals surface area contributed by atoms with Crippen molar-refractivity contribution in [2.75, 3.05) is 13.1 Å². The Balaban J connectivity index is 1.32. The van der Waals surface area contributed by atoms with Gasteiger partial charge in [0.2, 0.25) is 0 Å². The molecule has 6 heteroatoms. The lowest BCUT2D eigenvalue weighted by Crippen LogP contribution is -2.74. The number of para-hydroxylation sites is 1. The highest BCUT2D eigenvalue weighted by Crippen LogP contribution is 2.69. The van der Waals surface area contributed by atoms with Crippen molar-refractivity contribution >= 4 is 10.9 Å². The van der Waals surface area contributed by atoms with Crippen molar-refractivity contribution in [3.8, 4) is 11.5 Å². The Morgan fingerprint density at radius 3 is 2.70 bits per heavy atom. The second-order valence-corrected chi connectivity index (χ2v) is 13.0. The van der Waals surface area contributed by atoms with Gasteiger partial charge in [0.15, 0.2) is 17.6 Å². The van der Waals surface area contributed by atoms with Crippen LogP contribution < -0.4 is 4.74 Å². The summed E-state index contributed by atoms with van der Waals surface area (Å²) < 4.78 is 23.1. The Kier molecular flexibility index (Phi) is 4.49. The molecule has 2 bridgehead atoms. The summed E-state index contributed by atoms with van der Waals surface area (Å²) in [6.07, 6.45) is 4.27. The van der Waals surface area contributed by atoms with Crippen molar-refractivity contribution in [3.05, 3.63) is 93.9 Å². The number of halogens is 1. The van der Waals surface area contributed by atoms with Crippen LogP contribution in [0, 0.1) is 18.7 Å². The van der Waals surface area contributed by atoms with Gasteiger partial charge in [0.05, 0.1) is 22.2 Å². The van der Waals surface area contributed by atoms with Gasteiger partial charge in [-0.1, -0.05) is 36.4 Å². The molecule has 3 aromatic carbocycles. The van der Waals surface area contributed by atoms with Crippen LogP contribution in [0.2, 0.25) is 0 Å². The molecule has 2 aliphatic heterocycles. The van der Waals surface area contributed by atoms with Crippen LogP contribution in [0.3, 0.4) is 0 Å². The van der Waals surface area contributed by atoms with Gasteiger partial charge in [-0.15, -0.1) is 0 Å². The number of rotatable bonds is 4. The fourth-order valence-corrected chi connectivity index (χ4v) is 9.03. The lowest BCUT2D eigenvalue weighted by atomic mass is 9.49. The zero-order valence-corrected chi connectivity index (χ0v) is 22.7. The van der Waals surface area contributed by atoms with Crippen LogP contribution >= 0.6 is 0 Å². The largest absolute Gasteiger partial charge is 0.504 e. The summed E-state index contributed by atoms with van der Waals surface area (Å²) in [6, 6.07) is 17.0. The van der Waals surface area contributed by atoms with Crippen molar-refractivity contribution < 1.29 is 19.3 Å². The quantitative estimate of drug-likeness (QED) is 0.360. The number of aliphatic hydroxyl groups is 1. The molecule has 1 saturated carbocycles. The van der Waals surface area contributed by atoms with E-state index in [-0.39, 0.29) is 17.6 Å². The minimum atomic E-state index is -1.01. The molecule has 204 valence electrons. The van der Waals surface area contributed by atoms with Crippen molar-refractivity contribution in [1.82, 2.24) is 9.47 Å². The zero-order chi connectivity index (χ0) is 27.0. The minimum absolute atomic E-state index is 0.00407. The number of likely N-dealkylation sites (tertiary alicyclic amines) is 1. The Labute approximate surface area is 232 Å². The van der Waals surface area contributed by atoms with Crippen molar-refractivity contribution in [3.63, 3.8) is 0 Å². The van der Waals surface area contributed by atoms with Gasteiger partial charge in [0, 0.05) is 36.5 Å². The average molecular weight is 537 g/mol. The molecule has 1 saturated heterocycles. The normalized spacial score (nSPS) is 29.8. The predicted octanol–water partition coefficient (Wildman–Crippen LogP) is 5.54. The number of aryl methyl sites for hydroxylation is 1. The number of hydrogen-bond acceptors (Lipinski definition) is 4. The van der Waals surface area contributed by atoms with Crippen LogP contribution in [-0.4, -0.2) is 44.4 Å². The van der Waals surface area contributed by atoms with Crippen molar-refractivity contribution in [2.24, 2.45) is 5.92 Å². The fourth-order valence-electron chi connectivity index (χ4n) is 9.03. The molecule has 0 unspecified atom stereocenters. The molecule has 5 nitrogen and oxygen atoms in total. The molecule has 3 heterocycles. The van der Waals surface area contributed by atoms with Crippen LogP contribution in [0.5, 0.6) is 11.5 Å². The maximum Gasteiger partial charge on any atom is 0.166 e. The topological polar surface area (TPSA) is 57.9 Å². The third kappa shape index (κ3) is 2.79. The Bertz CT molecular complexity index is 1720. The molecule has 0 amide bonds. The first-order valence-corrected chi connectivity index (χ1v) is 14.7. The van der Waals surface area contributed by atoms with Crippen molar-refractivity contribution in [1.29, 1.82) is 0 Å². The summed E-state index contributed by atoms with van der Waals surface area (Å²) >= 11 is 0. The highest BCUT2D eigenvalue weighted by molar-refractivity contribution is 5.89. The van der Waals surface area contributed by atoms with E-state index in [2.05, 4.69) is 40.7 Å². The molecule has 4 atom stereocenters. The van der Waals surface area contributed by atoms with Crippen LogP contribution in [0.1, 0.15) is 58.9 Å². The first kappa shape index (κ1) is 23.4. The lowest BCUT2D eigenvalue weighted by molar-refractivity contribution is -0.173. The predicted molar refractivity (Wildman–Crippen MR) is 150 cm³/mol. The number of ether oxygens (including phenoxy) is 1. The third-order valence-electron chi connectivity index (χ3n) is 10.9. The molecule has 3 aliphatic carbocycles. The average Bonchev–Trinajstić information content (AvgIpc) is 3.61. The summed E-state index contributed by atoms with van der Waals surface area (Å²) in [4.78, 5) is 2.57. The van der Waals surface area contributed by atoms with Gasteiger partial charge in [0.1, 0.15) is 5.82 Å². The van der Waals surface area contributed by atoms with Gasteiger partial charge >= 0.3 is 0 Å². The molecular formula is C34H33FN2O3. The minimum Gasteiger partial charge on any atom is -0.504 e. The number of nitrogens with zero attached hydrogens (tertiary/aromatic N) is 2. The summed E-state index contributed by atoms with van der Waals surface area (Å²) in [5, 5.41) is 25.4. The SMILES string of the molecule is Cc1cccc2c3c(n(Cc4ccc(F)cc4)c12)[C@@H]1Oc2c(O)ccc4c2[C@@]12CCN(CC1CC1)[C@@H](C4)[C@]2(O)C3. The number of aromatic nitrogens is 1. The van der Waals surface area contributed by atoms with E-state index < -0.39 is 17.1 Å². The van der Waals surface area contributed by atoms with E-state index in [1.54, 1.807) is 6.07 Å². The van der Waals surface area contributed by atoms with Crippen molar-refractivity contribution in [2.45, 2.75) is 68.7 Å². The van der Waals surface area contributed by atoms with E-state index in [9.17, 15) is 14.6 Å². The van der Waals surface area contributed by atoms with Crippen LogP contribution in [0.4, 0.5) is 4.39 Å². The molecule has 2 N–H and O–H groups in total. The molecule has 0 radical (unpaired) electrons.